The van der Waals surface area contributed by atoms with Crippen LogP contribution in [0.4, 0.5) is 4.39 Å². The molecule has 3 heteroatoms. The largest absolute Gasteiger partial charge is 0.381 e. The van der Waals surface area contributed by atoms with E-state index in [1.807, 2.05) is 6.92 Å². The molecule has 0 amide bonds. The van der Waals surface area contributed by atoms with Crippen molar-refractivity contribution < 1.29 is 9.13 Å². The number of hydrogen-bond donors (Lipinski definition) is 1. The maximum atomic E-state index is 13.0. The van der Waals surface area contributed by atoms with Gasteiger partial charge in [0.15, 0.2) is 0 Å². The number of rotatable bonds is 1. The summed E-state index contributed by atoms with van der Waals surface area (Å²) in [6, 6.07) is 4.82. The smallest absolute Gasteiger partial charge is 0.123 e. The van der Waals surface area contributed by atoms with Crippen molar-refractivity contribution in [3.63, 3.8) is 0 Å². The van der Waals surface area contributed by atoms with Crippen molar-refractivity contribution in [3.05, 3.63) is 35.1 Å². The van der Waals surface area contributed by atoms with Gasteiger partial charge in [-0.15, -0.1) is 0 Å². The first-order chi connectivity index (χ1) is 7.12. The van der Waals surface area contributed by atoms with Gasteiger partial charge in [0.2, 0.25) is 0 Å². The van der Waals surface area contributed by atoms with Crippen molar-refractivity contribution in [1.29, 1.82) is 0 Å². The molecule has 1 aromatic carbocycles. The zero-order chi connectivity index (χ0) is 10.9. The van der Waals surface area contributed by atoms with Crippen LogP contribution in [0, 0.1) is 12.7 Å². The van der Waals surface area contributed by atoms with Crippen LogP contribution in [0.15, 0.2) is 18.2 Å². The average molecular weight is 209 g/mol. The molecule has 1 fully saturated rings. The van der Waals surface area contributed by atoms with Gasteiger partial charge in [-0.2, -0.15) is 0 Å². The minimum atomic E-state index is -0.337. The van der Waals surface area contributed by atoms with Gasteiger partial charge in [0.05, 0.1) is 0 Å². The van der Waals surface area contributed by atoms with Crippen LogP contribution in [0.5, 0.6) is 0 Å². The Morgan fingerprint density at radius 1 is 1.33 bits per heavy atom. The van der Waals surface area contributed by atoms with Crippen molar-refractivity contribution in [2.75, 3.05) is 13.2 Å². The summed E-state index contributed by atoms with van der Waals surface area (Å²) in [7, 11) is 0. The number of hydrogen-bond acceptors (Lipinski definition) is 2. The van der Waals surface area contributed by atoms with Crippen LogP contribution < -0.4 is 5.73 Å². The van der Waals surface area contributed by atoms with E-state index in [4.69, 9.17) is 10.5 Å². The molecule has 1 aromatic rings. The fourth-order valence-corrected chi connectivity index (χ4v) is 2.19. The second-order valence-electron chi connectivity index (χ2n) is 4.23. The third kappa shape index (κ3) is 2.03. The molecule has 2 nitrogen and oxygen atoms in total. The van der Waals surface area contributed by atoms with Gasteiger partial charge < -0.3 is 10.5 Å². The summed E-state index contributed by atoms with van der Waals surface area (Å²) in [6.07, 6.45) is 1.61. The van der Waals surface area contributed by atoms with Gasteiger partial charge in [0, 0.05) is 18.8 Å². The molecule has 0 bridgehead atoms. The van der Waals surface area contributed by atoms with E-state index in [0.29, 0.717) is 13.2 Å². The van der Waals surface area contributed by atoms with Crippen LogP contribution in [-0.4, -0.2) is 13.2 Å². The van der Waals surface area contributed by atoms with E-state index in [1.165, 1.54) is 6.07 Å². The highest BCUT2D eigenvalue weighted by atomic mass is 19.1. The fourth-order valence-electron chi connectivity index (χ4n) is 2.19. The van der Waals surface area contributed by atoms with E-state index in [0.717, 1.165) is 24.0 Å². The second kappa shape index (κ2) is 3.91. The lowest BCUT2D eigenvalue weighted by Crippen LogP contribution is -2.42. The summed E-state index contributed by atoms with van der Waals surface area (Å²) >= 11 is 0. The normalized spacial score (nSPS) is 20.2. The number of halogens is 1. The molecule has 1 saturated heterocycles. The molecule has 82 valence electrons. The minimum absolute atomic E-state index is 0.202. The van der Waals surface area contributed by atoms with Crippen LogP contribution in [0.1, 0.15) is 24.0 Å². The summed E-state index contributed by atoms with van der Waals surface area (Å²) < 4.78 is 18.3. The van der Waals surface area contributed by atoms with Crippen LogP contribution >= 0.6 is 0 Å². The number of nitrogens with two attached hydrogens (primary N) is 1. The molecule has 1 heterocycles. The highest BCUT2D eigenvalue weighted by Crippen LogP contribution is 2.31. The van der Waals surface area contributed by atoms with Crippen LogP contribution in [0.3, 0.4) is 0 Å². The first-order valence-corrected chi connectivity index (χ1v) is 5.25. The van der Waals surface area contributed by atoms with Crippen LogP contribution in [0.25, 0.3) is 0 Å². The fraction of sp³-hybridized carbons (Fsp3) is 0.500. The maximum absolute atomic E-state index is 13.0. The Morgan fingerprint density at radius 3 is 2.60 bits per heavy atom. The van der Waals surface area contributed by atoms with Gasteiger partial charge in [-0.25, -0.2) is 4.39 Å². The van der Waals surface area contributed by atoms with Gasteiger partial charge in [0.25, 0.3) is 0 Å². The Balaban J connectivity index is 2.35. The summed E-state index contributed by atoms with van der Waals surface area (Å²) in [5, 5.41) is 0. The molecule has 15 heavy (non-hydrogen) atoms. The molecule has 0 radical (unpaired) electrons. The Morgan fingerprint density at radius 2 is 2.00 bits per heavy atom. The first kappa shape index (κ1) is 10.6. The zero-order valence-corrected chi connectivity index (χ0v) is 8.92. The van der Waals surface area contributed by atoms with Crippen LogP contribution in [-0.2, 0) is 10.3 Å². The summed E-state index contributed by atoms with van der Waals surface area (Å²) in [4.78, 5) is 0. The van der Waals surface area contributed by atoms with E-state index in [2.05, 4.69) is 0 Å². The molecule has 0 aliphatic carbocycles. The predicted molar refractivity (Wildman–Crippen MR) is 57.1 cm³/mol. The van der Waals surface area contributed by atoms with Crippen molar-refractivity contribution in [2.45, 2.75) is 25.3 Å². The quantitative estimate of drug-likeness (QED) is 0.768. The molecule has 0 saturated carbocycles. The average Bonchev–Trinajstić information content (AvgIpc) is 2.18. The summed E-state index contributed by atoms with van der Waals surface area (Å²) in [5.41, 5.74) is 7.97. The standard InChI is InChI=1S/C12H16FNO/c1-9-8-10(13)2-3-11(9)12(14)4-6-15-7-5-12/h2-3,8H,4-7,14H2,1H3. The van der Waals surface area contributed by atoms with E-state index in [-0.39, 0.29) is 11.4 Å². The van der Waals surface area contributed by atoms with Crippen molar-refractivity contribution in [3.8, 4) is 0 Å². The SMILES string of the molecule is Cc1cc(F)ccc1C1(N)CCOCC1. The molecule has 0 atom stereocenters. The lowest BCUT2D eigenvalue weighted by molar-refractivity contribution is 0.0520. The maximum Gasteiger partial charge on any atom is 0.123 e. The Kier molecular flexibility index (Phi) is 2.76. The molecule has 2 rings (SSSR count). The van der Waals surface area contributed by atoms with Gasteiger partial charge in [-0.3, -0.25) is 0 Å². The molecule has 1 aliphatic rings. The van der Waals surface area contributed by atoms with E-state index < -0.39 is 0 Å². The Hall–Kier alpha value is -0.930. The van der Waals surface area contributed by atoms with Gasteiger partial charge in [0.1, 0.15) is 5.82 Å². The van der Waals surface area contributed by atoms with Crippen molar-refractivity contribution in [2.24, 2.45) is 5.73 Å². The van der Waals surface area contributed by atoms with E-state index in [9.17, 15) is 4.39 Å². The minimum Gasteiger partial charge on any atom is -0.381 e. The lowest BCUT2D eigenvalue weighted by Gasteiger charge is -2.35. The third-order valence-electron chi connectivity index (χ3n) is 3.11. The predicted octanol–water partition coefficient (Wildman–Crippen LogP) is 2.10. The van der Waals surface area contributed by atoms with Crippen LogP contribution in [0.2, 0.25) is 0 Å². The number of ether oxygens (including phenoxy) is 1. The first-order valence-electron chi connectivity index (χ1n) is 5.25. The summed E-state index contributed by atoms with van der Waals surface area (Å²) in [5.74, 6) is -0.202. The summed E-state index contributed by atoms with van der Waals surface area (Å²) in [6.45, 7) is 3.28. The van der Waals surface area contributed by atoms with E-state index >= 15 is 0 Å². The second-order valence-corrected chi connectivity index (χ2v) is 4.23. The number of aryl methyl sites for hydroxylation is 1. The molecule has 0 unspecified atom stereocenters. The Labute approximate surface area is 89.2 Å². The van der Waals surface area contributed by atoms with Gasteiger partial charge >= 0.3 is 0 Å². The molecule has 0 spiro atoms. The van der Waals surface area contributed by atoms with Gasteiger partial charge in [-0.05, 0) is 43.0 Å². The van der Waals surface area contributed by atoms with E-state index in [1.54, 1.807) is 12.1 Å². The highest BCUT2D eigenvalue weighted by molar-refractivity contribution is 5.33. The molecule has 1 aliphatic heterocycles. The lowest BCUT2D eigenvalue weighted by atomic mass is 9.81. The topological polar surface area (TPSA) is 35.2 Å². The monoisotopic (exact) mass is 209 g/mol. The molecular weight excluding hydrogens is 193 g/mol. The Bertz CT molecular complexity index is 359. The van der Waals surface area contributed by atoms with Crippen molar-refractivity contribution >= 4 is 0 Å². The van der Waals surface area contributed by atoms with Crippen molar-refractivity contribution in [1.82, 2.24) is 0 Å². The number of benzene rings is 1. The highest BCUT2D eigenvalue weighted by Gasteiger charge is 2.31. The molecular formula is C12H16FNO. The third-order valence-corrected chi connectivity index (χ3v) is 3.11. The zero-order valence-electron chi connectivity index (χ0n) is 8.92. The van der Waals surface area contributed by atoms with Gasteiger partial charge in [-0.1, -0.05) is 6.07 Å². The molecule has 0 aromatic heterocycles. The molecule has 2 N–H and O–H groups in total.